The lowest BCUT2D eigenvalue weighted by Gasteiger charge is -2.14. The van der Waals surface area contributed by atoms with Gasteiger partial charge in [0.15, 0.2) is 15.5 Å². The number of hydrogen-bond donors (Lipinski definition) is 0. The van der Waals surface area contributed by atoms with E-state index in [0.717, 1.165) is 11.9 Å². The van der Waals surface area contributed by atoms with E-state index in [4.69, 9.17) is 11.6 Å². The Morgan fingerprint density at radius 2 is 2.35 bits per heavy atom. The fourth-order valence-electron chi connectivity index (χ4n) is 2.73. The average molecular weight is 314 g/mol. The highest BCUT2D eigenvalue weighted by Crippen LogP contribution is 2.27. The van der Waals surface area contributed by atoms with Gasteiger partial charge in [0.2, 0.25) is 0 Å². The van der Waals surface area contributed by atoms with Crippen LogP contribution < -0.4 is 0 Å². The number of sulfone groups is 1. The third-order valence-electron chi connectivity index (χ3n) is 3.74. The van der Waals surface area contributed by atoms with Crippen LogP contribution in [0.15, 0.2) is 18.3 Å². The van der Waals surface area contributed by atoms with Crippen molar-refractivity contribution in [1.82, 2.24) is 14.5 Å². The number of halogens is 1. The van der Waals surface area contributed by atoms with E-state index < -0.39 is 9.84 Å². The van der Waals surface area contributed by atoms with E-state index in [1.165, 1.54) is 0 Å². The van der Waals surface area contributed by atoms with Crippen molar-refractivity contribution < 1.29 is 8.42 Å². The van der Waals surface area contributed by atoms with Crippen molar-refractivity contribution in [3.63, 3.8) is 0 Å². The van der Waals surface area contributed by atoms with E-state index in [1.807, 2.05) is 23.6 Å². The molecular formula is C13H16ClN3O2S. The van der Waals surface area contributed by atoms with Crippen LogP contribution in [0.25, 0.3) is 11.2 Å². The lowest BCUT2D eigenvalue weighted by Crippen LogP contribution is -2.23. The molecule has 0 bridgehead atoms. The third-order valence-corrected chi connectivity index (χ3v) is 6.19. The molecule has 1 fully saturated rings. The van der Waals surface area contributed by atoms with Crippen LogP contribution in [0.3, 0.4) is 0 Å². The first kappa shape index (κ1) is 13.8. The molecule has 3 rings (SSSR count). The van der Waals surface area contributed by atoms with Gasteiger partial charge in [-0.3, -0.25) is 0 Å². The number of nitrogens with zero attached hydrogens (tertiary/aromatic N) is 3. The van der Waals surface area contributed by atoms with Crippen LogP contribution >= 0.6 is 11.6 Å². The summed E-state index contributed by atoms with van der Waals surface area (Å²) in [6, 6.07) is 3.68. The highest BCUT2D eigenvalue weighted by molar-refractivity contribution is 7.92. The zero-order valence-electron chi connectivity index (χ0n) is 11.2. The number of pyridine rings is 1. The molecule has 2 atom stereocenters. The first-order valence-corrected chi connectivity index (χ1v) is 8.81. The molecule has 5 nitrogen and oxygen atoms in total. The topological polar surface area (TPSA) is 64.8 Å². The van der Waals surface area contributed by atoms with E-state index in [2.05, 4.69) is 9.97 Å². The van der Waals surface area contributed by atoms with Gasteiger partial charge in [0.25, 0.3) is 0 Å². The highest BCUT2D eigenvalue weighted by Gasteiger charge is 2.33. The van der Waals surface area contributed by atoms with Crippen LogP contribution in [0.1, 0.15) is 31.0 Å². The van der Waals surface area contributed by atoms with Crippen LogP contribution in [-0.2, 0) is 16.4 Å². The molecule has 1 saturated heterocycles. The van der Waals surface area contributed by atoms with Gasteiger partial charge in [0, 0.05) is 12.7 Å². The van der Waals surface area contributed by atoms with Gasteiger partial charge in [-0.2, -0.15) is 0 Å². The van der Waals surface area contributed by atoms with Crippen molar-refractivity contribution in [2.45, 2.75) is 36.9 Å². The molecule has 108 valence electrons. The van der Waals surface area contributed by atoms with Gasteiger partial charge in [-0.15, -0.1) is 11.6 Å². The number of alkyl halides is 1. The van der Waals surface area contributed by atoms with E-state index in [0.29, 0.717) is 24.4 Å². The summed E-state index contributed by atoms with van der Waals surface area (Å²) in [5, 5.41) is -0.635. The van der Waals surface area contributed by atoms with Crippen molar-refractivity contribution in [1.29, 1.82) is 0 Å². The minimum Gasteiger partial charge on any atom is -0.310 e. The molecule has 0 amide bonds. The molecule has 7 heteroatoms. The molecular weight excluding hydrogens is 298 g/mol. The Kier molecular flexibility index (Phi) is 3.46. The van der Waals surface area contributed by atoms with Gasteiger partial charge >= 0.3 is 0 Å². The molecule has 0 aliphatic carbocycles. The van der Waals surface area contributed by atoms with Crippen molar-refractivity contribution in [3.8, 4) is 0 Å². The number of imidazole rings is 1. The SMILES string of the molecule is CC(Cl)c1nc2cccnc2n1CC1CCCS1(=O)=O. The summed E-state index contributed by atoms with van der Waals surface area (Å²) < 4.78 is 25.9. The van der Waals surface area contributed by atoms with E-state index >= 15 is 0 Å². The van der Waals surface area contributed by atoms with Gasteiger partial charge in [-0.1, -0.05) is 0 Å². The van der Waals surface area contributed by atoms with Gasteiger partial charge in [0.05, 0.1) is 16.4 Å². The van der Waals surface area contributed by atoms with Crippen LogP contribution in [-0.4, -0.2) is 34.0 Å². The molecule has 2 unspecified atom stereocenters. The van der Waals surface area contributed by atoms with Crippen molar-refractivity contribution in [2.75, 3.05) is 5.75 Å². The standard InChI is InChI=1S/C13H16ClN3O2S/c1-9(14)12-16-11-5-2-6-15-13(11)17(12)8-10-4-3-7-20(10,18)19/h2,5-6,9-10H,3-4,7-8H2,1H3. The van der Waals surface area contributed by atoms with Gasteiger partial charge < -0.3 is 4.57 Å². The van der Waals surface area contributed by atoms with E-state index in [9.17, 15) is 8.42 Å². The average Bonchev–Trinajstić information content (AvgIpc) is 2.92. The minimum atomic E-state index is -2.99. The summed E-state index contributed by atoms with van der Waals surface area (Å²) in [4.78, 5) is 8.80. The predicted octanol–water partition coefficient (Wildman–Crippen LogP) is 2.31. The van der Waals surface area contributed by atoms with Gasteiger partial charge in [0.1, 0.15) is 11.3 Å². The Bertz CT molecular complexity index is 739. The maximum Gasteiger partial charge on any atom is 0.160 e. The highest BCUT2D eigenvalue weighted by atomic mass is 35.5. The molecule has 0 N–H and O–H groups in total. The lowest BCUT2D eigenvalue weighted by molar-refractivity contribution is 0.561. The molecule has 2 aromatic rings. The summed E-state index contributed by atoms with van der Waals surface area (Å²) in [6.45, 7) is 2.23. The van der Waals surface area contributed by atoms with Crippen LogP contribution in [0.4, 0.5) is 0 Å². The molecule has 1 aliphatic rings. The molecule has 3 heterocycles. The molecule has 0 saturated carbocycles. The first-order chi connectivity index (χ1) is 9.49. The van der Waals surface area contributed by atoms with Crippen LogP contribution in [0.2, 0.25) is 0 Å². The van der Waals surface area contributed by atoms with Crippen molar-refractivity contribution >= 4 is 32.6 Å². The van der Waals surface area contributed by atoms with Crippen LogP contribution in [0.5, 0.6) is 0 Å². The summed E-state index contributed by atoms with van der Waals surface area (Å²) in [7, 11) is -2.99. The summed E-state index contributed by atoms with van der Waals surface area (Å²) >= 11 is 6.18. The second kappa shape index (κ2) is 5.00. The van der Waals surface area contributed by atoms with Crippen LogP contribution in [0, 0.1) is 0 Å². The first-order valence-electron chi connectivity index (χ1n) is 6.66. The molecule has 0 aromatic carbocycles. The Labute approximate surface area is 122 Å². The Hall–Kier alpha value is -1.14. The summed E-state index contributed by atoms with van der Waals surface area (Å²) in [5.74, 6) is 0.964. The molecule has 1 aliphatic heterocycles. The number of fused-ring (bicyclic) bond motifs is 1. The van der Waals surface area contributed by atoms with Crippen molar-refractivity contribution in [3.05, 3.63) is 24.2 Å². The Balaban J connectivity index is 2.08. The van der Waals surface area contributed by atoms with E-state index in [-0.39, 0.29) is 16.4 Å². The number of hydrogen-bond acceptors (Lipinski definition) is 4. The zero-order valence-corrected chi connectivity index (χ0v) is 12.7. The maximum absolute atomic E-state index is 12.0. The summed E-state index contributed by atoms with van der Waals surface area (Å²) in [5.41, 5.74) is 1.46. The predicted molar refractivity (Wildman–Crippen MR) is 78.6 cm³/mol. The molecule has 20 heavy (non-hydrogen) atoms. The monoisotopic (exact) mass is 313 g/mol. The zero-order chi connectivity index (χ0) is 14.3. The second-order valence-corrected chi connectivity index (χ2v) is 8.23. The Morgan fingerprint density at radius 1 is 1.55 bits per heavy atom. The third kappa shape index (κ3) is 2.31. The number of aromatic nitrogens is 3. The normalized spacial score (nSPS) is 23.2. The fraction of sp³-hybridized carbons (Fsp3) is 0.538. The van der Waals surface area contributed by atoms with E-state index in [1.54, 1.807) is 6.20 Å². The van der Waals surface area contributed by atoms with Gasteiger partial charge in [-0.05, 0) is 31.9 Å². The smallest absolute Gasteiger partial charge is 0.160 e. The maximum atomic E-state index is 12.0. The lowest BCUT2D eigenvalue weighted by atomic mass is 10.2. The summed E-state index contributed by atoms with van der Waals surface area (Å²) in [6.07, 6.45) is 3.12. The van der Waals surface area contributed by atoms with Crippen molar-refractivity contribution in [2.24, 2.45) is 0 Å². The quantitative estimate of drug-likeness (QED) is 0.816. The largest absolute Gasteiger partial charge is 0.310 e. The fourth-order valence-corrected chi connectivity index (χ4v) is 4.70. The molecule has 0 spiro atoms. The Morgan fingerprint density at radius 3 is 3.00 bits per heavy atom. The minimum absolute atomic E-state index is 0.281. The number of rotatable bonds is 3. The van der Waals surface area contributed by atoms with Gasteiger partial charge in [-0.25, -0.2) is 18.4 Å². The molecule has 2 aromatic heterocycles. The second-order valence-electron chi connectivity index (χ2n) is 5.17. The molecule has 0 radical (unpaired) electrons.